The number of ether oxygens (including phenoxy) is 1. The van der Waals surface area contributed by atoms with Gasteiger partial charge in [-0.15, -0.1) is 0 Å². The monoisotopic (exact) mass is 226 g/mol. The van der Waals surface area contributed by atoms with Gasteiger partial charge in [-0.05, 0) is 6.42 Å². The molecule has 0 aromatic carbocycles. The largest absolute Gasteiger partial charge is 0.396 e. The predicted molar refractivity (Wildman–Crippen MR) is 53.1 cm³/mol. The standard InChI is InChI=1S/C7H18N2O4S/c1-3-8-14(11,12)9-7(4-5-10)6-13-2/h7-10H,3-6H2,1-2H3. The molecule has 0 spiro atoms. The quantitative estimate of drug-likeness (QED) is 0.486. The number of rotatable bonds is 8. The number of aliphatic hydroxyl groups excluding tert-OH is 1. The molecule has 0 radical (unpaired) electrons. The van der Waals surface area contributed by atoms with E-state index in [1.165, 1.54) is 7.11 Å². The van der Waals surface area contributed by atoms with Crippen molar-refractivity contribution >= 4 is 10.2 Å². The molecule has 0 aromatic rings. The molecule has 1 atom stereocenters. The van der Waals surface area contributed by atoms with E-state index in [9.17, 15) is 8.42 Å². The molecule has 0 saturated heterocycles. The van der Waals surface area contributed by atoms with Crippen molar-refractivity contribution in [1.82, 2.24) is 9.44 Å². The van der Waals surface area contributed by atoms with E-state index in [0.717, 1.165) is 0 Å². The summed E-state index contributed by atoms with van der Waals surface area (Å²) in [6.45, 7) is 2.18. The molecular weight excluding hydrogens is 208 g/mol. The van der Waals surface area contributed by atoms with Crippen molar-refractivity contribution in [3.05, 3.63) is 0 Å². The van der Waals surface area contributed by atoms with Crippen molar-refractivity contribution in [2.24, 2.45) is 0 Å². The van der Waals surface area contributed by atoms with E-state index >= 15 is 0 Å². The van der Waals surface area contributed by atoms with Crippen LogP contribution in [-0.2, 0) is 14.9 Å². The second kappa shape index (κ2) is 7.13. The molecule has 14 heavy (non-hydrogen) atoms. The summed E-state index contributed by atoms with van der Waals surface area (Å²) >= 11 is 0. The van der Waals surface area contributed by atoms with Crippen LogP contribution in [0.5, 0.6) is 0 Å². The summed E-state index contributed by atoms with van der Waals surface area (Å²) in [5.74, 6) is 0. The molecule has 0 aliphatic carbocycles. The zero-order chi connectivity index (χ0) is 11.0. The molecule has 7 heteroatoms. The normalized spacial score (nSPS) is 14.2. The van der Waals surface area contributed by atoms with Crippen molar-refractivity contribution in [2.45, 2.75) is 19.4 Å². The number of methoxy groups -OCH3 is 1. The van der Waals surface area contributed by atoms with Gasteiger partial charge in [-0.3, -0.25) is 0 Å². The van der Waals surface area contributed by atoms with Gasteiger partial charge in [-0.2, -0.15) is 13.1 Å². The van der Waals surface area contributed by atoms with Gasteiger partial charge in [0.1, 0.15) is 0 Å². The van der Waals surface area contributed by atoms with Gasteiger partial charge >= 0.3 is 0 Å². The van der Waals surface area contributed by atoms with Gasteiger partial charge in [-0.25, -0.2) is 4.72 Å². The predicted octanol–water partition coefficient (Wildman–Crippen LogP) is -1.17. The molecule has 0 aromatic heterocycles. The zero-order valence-corrected chi connectivity index (χ0v) is 9.30. The fourth-order valence-corrected chi connectivity index (χ4v) is 2.07. The first-order valence-electron chi connectivity index (χ1n) is 4.42. The lowest BCUT2D eigenvalue weighted by Gasteiger charge is -2.16. The Kier molecular flexibility index (Phi) is 7.02. The minimum Gasteiger partial charge on any atom is -0.396 e. The Balaban J connectivity index is 4.13. The molecule has 0 rings (SSSR count). The van der Waals surface area contributed by atoms with Crippen molar-refractivity contribution in [2.75, 3.05) is 26.9 Å². The van der Waals surface area contributed by atoms with Crippen LogP contribution >= 0.6 is 0 Å². The van der Waals surface area contributed by atoms with E-state index in [1.54, 1.807) is 6.92 Å². The van der Waals surface area contributed by atoms with Crippen LogP contribution in [-0.4, -0.2) is 46.4 Å². The smallest absolute Gasteiger partial charge is 0.277 e. The third kappa shape index (κ3) is 6.28. The average molecular weight is 226 g/mol. The van der Waals surface area contributed by atoms with Gasteiger partial charge in [-0.1, -0.05) is 6.92 Å². The highest BCUT2D eigenvalue weighted by atomic mass is 32.2. The molecular formula is C7H18N2O4S. The first-order chi connectivity index (χ1) is 6.55. The van der Waals surface area contributed by atoms with Crippen LogP contribution in [0.3, 0.4) is 0 Å². The van der Waals surface area contributed by atoms with Crippen LogP contribution in [0.25, 0.3) is 0 Å². The second-order valence-corrected chi connectivity index (χ2v) is 4.31. The van der Waals surface area contributed by atoms with Crippen molar-refractivity contribution in [3.8, 4) is 0 Å². The summed E-state index contributed by atoms with van der Waals surface area (Å²) in [7, 11) is -1.99. The Hall–Kier alpha value is -0.210. The van der Waals surface area contributed by atoms with E-state index in [1.807, 2.05) is 0 Å². The van der Waals surface area contributed by atoms with E-state index in [4.69, 9.17) is 9.84 Å². The maximum atomic E-state index is 11.2. The van der Waals surface area contributed by atoms with Crippen LogP contribution in [0.4, 0.5) is 0 Å². The first-order valence-corrected chi connectivity index (χ1v) is 5.90. The highest BCUT2D eigenvalue weighted by molar-refractivity contribution is 7.87. The molecule has 0 aliphatic heterocycles. The third-order valence-corrected chi connectivity index (χ3v) is 2.81. The Morgan fingerprint density at radius 2 is 2.14 bits per heavy atom. The van der Waals surface area contributed by atoms with E-state index in [0.29, 0.717) is 13.0 Å². The zero-order valence-electron chi connectivity index (χ0n) is 8.49. The van der Waals surface area contributed by atoms with Crippen molar-refractivity contribution in [3.63, 3.8) is 0 Å². The molecule has 0 amide bonds. The van der Waals surface area contributed by atoms with Gasteiger partial charge < -0.3 is 9.84 Å². The lowest BCUT2D eigenvalue weighted by Crippen LogP contribution is -2.44. The van der Waals surface area contributed by atoms with Gasteiger partial charge in [0.2, 0.25) is 0 Å². The molecule has 86 valence electrons. The van der Waals surface area contributed by atoms with Crippen LogP contribution in [0.1, 0.15) is 13.3 Å². The molecule has 0 fully saturated rings. The second-order valence-electron chi connectivity index (χ2n) is 2.78. The molecule has 0 saturated carbocycles. The molecule has 1 unspecified atom stereocenters. The topological polar surface area (TPSA) is 87.7 Å². The maximum Gasteiger partial charge on any atom is 0.277 e. The van der Waals surface area contributed by atoms with E-state index in [-0.39, 0.29) is 13.2 Å². The number of hydrogen-bond acceptors (Lipinski definition) is 4. The molecule has 6 nitrogen and oxygen atoms in total. The molecule has 0 bridgehead atoms. The van der Waals surface area contributed by atoms with Crippen molar-refractivity contribution in [1.29, 1.82) is 0 Å². The molecule has 3 N–H and O–H groups in total. The Morgan fingerprint density at radius 3 is 2.57 bits per heavy atom. The lowest BCUT2D eigenvalue weighted by atomic mass is 10.2. The fraction of sp³-hybridized carbons (Fsp3) is 1.00. The summed E-state index contributed by atoms with van der Waals surface area (Å²) in [6, 6.07) is -0.394. The van der Waals surface area contributed by atoms with E-state index in [2.05, 4.69) is 9.44 Å². The Labute approximate surface area is 84.8 Å². The summed E-state index contributed by atoms with van der Waals surface area (Å²) in [6.07, 6.45) is 0.332. The Bertz CT molecular complexity index is 224. The van der Waals surface area contributed by atoms with Gasteiger partial charge in [0.15, 0.2) is 0 Å². The number of hydrogen-bond donors (Lipinski definition) is 3. The lowest BCUT2D eigenvalue weighted by molar-refractivity contribution is 0.157. The van der Waals surface area contributed by atoms with Gasteiger partial charge in [0.25, 0.3) is 10.2 Å². The Morgan fingerprint density at radius 1 is 1.50 bits per heavy atom. The first kappa shape index (κ1) is 13.8. The maximum absolute atomic E-state index is 11.2. The number of aliphatic hydroxyl groups is 1. The molecule has 0 aliphatic rings. The third-order valence-electron chi connectivity index (χ3n) is 1.50. The van der Waals surface area contributed by atoms with Crippen LogP contribution in [0.2, 0.25) is 0 Å². The summed E-state index contributed by atoms with van der Waals surface area (Å²) in [5, 5.41) is 8.68. The highest BCUT2D eigenvalue weighted by Crippen LogP contribution is 1.94. The van der Waals surface area contributed by atoms with E-state index < -0.39 is 16.3 Å². The minimum atomic E-state index is -3.47. The SMILES string of the molecule is CCNS(=O)(=O)NC(CCO)COC. The van der Waals surface area contributed by atoms with Crippen LogP contribution in [0, 0.1) is 0 Å². The fourth-order valence-electron chi connectivity index (χ4n) is 0.984. The highest BCUT2D eigenvalue weighted by Gasteiger charge is 2.15. The summed E-state index contributed by atoms with van der Waals surface area (Å²) < 4.78 is 31.9. The minimum absolute atomic E-state index is 0.0807. The number of nitrogens with one attached hydrogen (secondary N) is 2. The van der Waals surface area contributed by atoms with Crippen LogP contribution < -0.4 is 9.44 Å². The van der Waals surface area contributed by atoms with Crippen LogP contribution in [0.15, 0.2) is 0 Å². The van der Waals surface area contributed by atoms with Gasteiger partial charge in [0, 0.05) is 26.3 Å². The van der Waals surface area contributed by atoms with Crippen molar-refractivity contribution < 1.29 is 18.3 Å². The average Bonchev–Trinajstić information content (AvgIpc) is 2.03. The van der Waals surface area contributed by atoms with Gasteiger partial charge in [0.05, 0.1) is 6.61 Å². The summed E-state index contributed by atoms with van der Waals surface area (Å²) in [5.41, 5.74) is 0. The molecule has 0 heterocycles. The summed E-state index contributed by atoms with van der Waals surface area (Å²) in [4.78, 5) is 0.